The Kier molecular flexibility index (Phi) is 4.19. The zero-order chi connectivity index (χ0) is 13.8. The first-order chi connectivity index (χ1) is 9.83. The fraction of sp³-hybridized carbons (Fsp3) is 0.412. The maximum absolute atomic E-state index is 3.57. The fourth-order valence-electron chi connectivity index (χ4n) is 2.82. The van der Waals surface area contributed by atoms with Crippen molar-refractivity contribution in [1.82, 2.24) is 10.2 Å². The number of hydrogen-bond donors (Lipinski definition) is 2. The second-order valence-corrected chi connectivity index (χ2v) is 5.58. The Hall–Kier alpha value is -1.58. The third kappa shape index (κ3) is 3.11. The van der Waals surface area contributed by atoms with Crippen LogP contribution in [-0.4, -0.2) is 43.7 Å². The van der Waals surface area contributed by atoms with E-state index in [1.807, 2.05) is 0 Å². The van der Waals surface area contributed by atoms with Gasteiger partial charge in [0, 0.05) is 44.5 Å². The lowest BCUT2D eigenvalue weighted by atomic mass is 10.1. The topological polar surface area (TPSA) is 27.3 Å². The number of anilines is 1. The largest absolute Gasteiger partial charge is 0.383 e. The number of rotatable bonds is 4. The van der Waals surface area contributed by atoms with Crippen LogP contribution < -0.4 is 10.6 Å². The van der Waals surface area contributed by atoms with Crippen LogP contribution in [0.1, 0.15) is 6.92 Å². The van der Waals surface area contributed by atoms with Crippen molar-refractivity contribution in [3.8, 4) is 0 Å². The molecule has 0 spiro atoms. The van der Waals surface area contributed by atoms with Crippen LogP contribution in [0.4, 0.5) is 5.69 Å². The van der Waals surface area contributed by atoms with E-state index in [4.69, 9.17) is 0 Å². The molecule has 2 aromatic carbocycles. The van der Waals surface area contributed by atoms with Crippen LogP contribution >= 0.6 is 0 Å². The molecule has 1 atom stereocenters. The molecule has 0 aromatic heterocycles. The summed E-state index contributed by atoms with van der Waals surface area (Å²) in [6, 6.07) is 15.7. The predicted molar refractivity (Wildman–Crippen MR) is 86.3 cm³/mol. The molecule has 20 heavy (non-hydrogen) atoms. The second kappa shape index (κ2) is 6.25. The van der Waals surface area contributed by atoms with Gasteiger partial charge in [-0.1, -0.05) is 30.3 Å². The molecule has 3 nitrogen and oxygen atoms in total. The van der Waals surface area contributed by atoms with E-state index in [-0.39, 0.29) is 0 Å². The van der Waals surface area contributed by atoms with Gasteiger partial charge in [0.1, 0.15) is 0 Å². The molecular weight excluding hydrogens is 246 g/mol. The zero-order valence-electron chi connectivity index (χ0n) is 12.1. The minimum Gasteiger partial charge on any atom is -0.383 e. The predicted octanol–water partition coefficient (Wildman–Crippen LogP) is 2.55. The van der Waals surface area contributed by atoms with E-state index in [1.165, 1.54) is 16.5 Å². The van der Waals surface area contributed by atoms with Crippen molar-refractivity contribution in [3.05, 3.63) is 42.5 Å². The Morgan fingerprint density at radius 3 is 2.65 bits per heavy atom. The van der Waals surface area contributed by atoms with Crippen LogP contribution in [0.2, 0.25) is 0 Å². The Labute approximate surface area is 121 Å². The lowest BCUT2D eigenvalue weighted by Crippen LogP contribution is -2.49. The third-order valence-corrected chi connectivity index (χ3v) is 4.13. The van der Waals surface area contributed by atoms with Crippen molar-refractivity contribution in [3.63, 3.8) is 0 Å². The third-order valence-electron chi connectivity index (χ3n) is 4.13. The van der Waals surface area contributed by atoms with Crippen LogP contribution in [0.5, 0.6) is 0 Å². The first kappa shape index (κ1) is 13.4. The summed E-state index contributed by atoms with van der Waals surface area (Å²) in [6.45, 7) is 7.83. The van der Waals surface area contributed by atoms with Gasteiger partial charge in [0.15, 0.2) is 0 Å². The van der Waals surface area contributed by atoms with E-state index >= 15 is 0 Å². The number of nitrogens with zero attached hydrogens (tertiary/aromatic N) is 1. The maximum atomic E-state index is 3.57. The van der Waals surface area contributed by atoms with Gasteiger partial charge in [0.25, 0.3) is 0 Å². The number of fused-ring (bicyclic) bond motifs is 1. The van der Waals surface area contributed by atoms with Gasteiger partial charge >= 0.3 is 0 Å². The summed E-state index contributed by atoms with van der Waals surface area (Å²) in [4.78, 5) is 2.55. The van der Waals surface area contributed by atoms with E-state index < -0.39 is 0 Å². The molecule has 0 radical (unpaired) electrons. The van der Waals surface area contributed by atoms with Crippen LogP contribution in [0.25, 0.3) is 10.8 Å². The van der Waals surface area contributed by atoms with E-state index in [0.29, 0.717) is 6.04 Å². The smallest absolute Gasteiger partial charge is 0.0347 e. The number of benzene rings is 2. The highest BCUT2D eigenvalue weighted by Gasteiger charge is 2.15. The molecule has 1 aliphatic heterocycles. The summed E-state index contributed by atoms with van der Waals surface area (Å²) in [5, 5.41) is 9.57. The van der Waals surface area contributed by atoms with E-state index in [1.54, 1.807) is 0 Å². The molecule has 2 N–H and O–H groups in total. The molecule has 1 aliphatic rings. The molecule has 1 heterocycles. The van der Waals surface area contributed by atoms with E-state index in [9.17, 15) is 0 Å². The summed E-state index contributed by atoms with van der Waals surface area (Å²) in [5.74, 6) is 0. The zero-order valence-corrected chi connectivity index (χ0v) is 12.1. The Bertz CT molecular complexity index is 561. The summed E-state index contributed by atoms with van der Waals surface area (Å²) >= 11 is 0. The lowest BCUT2D eigenvalue weighted by Gasteiger charge is -2.33. The maximum Gasteiger partial charge on any atom is 0.0347 e. The highest BCUT2D eigenvalue weighted by atomic mass is 15.2. The van der Waals surface area contributed by atoms with Gasteiger partial charge in [-0.25, -0.2) is 0 Å². The van der Waals surface area contributed by atoms with Crippen molar-refractivity contribution in [2.45, 2.75) is 13.0 Å². The average molecular weight is 269 g/mol. The Balaban J connectivity index is 1.61. The van der Waals surface area contributed by atoms with Crippen LogP contribution in [0.15, 0.2) is 42.5 Å². The van der Waals surface area contributed by atoms with Gasteiger partial charge in [-0.05, 0) is 29.8 Å². The lowest BCUT2D eigenvalue weighted by molar-refractivity contribution is 0.191. The van der Waals surface area contributed by atoms with Crippen molar-refractivity contribution >= 4 is 16.5 Å². The summed E-state index contributed by atoms with van der Waals surface area (Å²) in [5.41, 5.74) is 1.21. The van der Waals surface area contributed by atoms with Gasteiger partial charge in [0.2, 0.25) is 0 Å². The molecular formula is C17H23N3. The monoisotopic (exact) mass is 269 g/mol. The quantitative estimate of drug-likeness (QED) is 0.893. The minimum atomic E-state index is 0.573. The average Bonchev–Trinajstić information content (AvgIpc) is 2.53. The van der Waals surface area contributed by atoms with Gasteiger partial charge in [-0.2, -0.15) is 0 Å². The summed E-state index contributed by atoms with van der Waals surface area (Å²) in [7, 11) is 0. The van der Waals surface area contributed by atoms with Crippen LogP contribution in [0.3, 0.4) is 0 Å². The minimum absolute atomic E-state index is 0.573. The molecule has 0 saturated carbocycles. The first-order valence-corrected chi connectivity index (χ1v) is 7.50. The number of piperazine rings is 1. The van der Waals surface area contributed by atoms with E-state index in [0.717, 1.165) is 32.7 Å². The number of hydrogen-bond acceptors (Lipinski definition) is 3. The molecule has 3 heteroatoms. The Morgan fingerprint density at radius 1 is 1.10 bits per heavy atom. The van der Waals surface area contributed by atoms with Crippen molar-refractivity contribution < 1.29 is 0 Å². The normalized spacial score (nSPS) is 18.1. The molecule has 0 bridgehead atoms. The van der Waals surface area contributed by atoms with Gasteiger partial charge in [-0.15, -0.1) is 0 Å². The SMILES string of the molecule is CC(CNc1ccc2ccccc2c1)N1CCNCC1. The van der Waals surface area contributed by atoms with Crippen molar-refractivity contribution in [1.29, 1.82) is 0 Å². The van der Waals surface area contributed by atoms with Crippen LogP contribution in [0, 0.1) is 0 Å². The molecule has 1 fully saturated rings. The number of nitrogens with one attached hydrogen (secondary N) is 2. The molecule has 106 valence electrons. The van der Waals surface area contributed by atoms with Gasteiger partial charge < -0.3 is 10.6 Å². The highest BCUT2D eigenvalue weighted by Crippen LogP contribution is 2.19. The molecule has 1 unspecified atom stereocenters. The molecule has 3 rings (SSSR count). The molecule has 0 aliphatic carbocycles. The van der Waals surface area contributed by atoms with E-state index in [2.05, 4.69) is 64.9 Å². The van der Waals surface area contributed by atoms with Crippen molar-refractivity contribution in [2.75, 3.05) is 38.0 Å². The first-order valence-electron chi connectivity index (χ1n) is 7.50. The summed E-state index contributed by atoms with van der Waals surface area (Å²) < 4.78 is 0. The van der Waals surface area contributed by atoms with Gasteiger partial charge in [0.05, 0.1) is 0 Å². The summed E-state index contributed by atoms with van der Waals surface area (Å²) in [6.07, 6.45) is 0. The standard InChI is InChI=1S/C17H23N3/c1-14(20-10-8-18-9-11-20)13-19-17-7-6-15-4-2-3-5-16(15)12-17/h2-7,12,14,18-19H,8-11,13H2,1H3. The van der Waals surface area contributed by atoms with Crippen molar-refractivity contribution in [2.24, 2.45) is 0 Å². The van der Waals surface area contributed by atoms with Gasteiger partial charge in [-0.3, -0.25) is 4.90 Å². The highest BCUT2D eigenvalue weighted by molar-refractivity contribution is 5.85. The molecule has 0 amide bonds. The molecule has 2 aromatic rings. The molecule has 1 saturated heterocycles. The van der Waals surface area contributed by atoms with Crippen LogP contribution in [-0.2, 0) is 0 Å². The second-order valence-electron chi connectivity index (χ2n) is 5.58. The Morgan fingerprint density at radius 2 is 1.85 bits per heavy atom. The fourth-order valence-corrected chi connectivity index (χ4v) is 2.82.